The van der Waals surface area contributed by atoms with Crippen molar-refractivity contribution >= 4 is 6.21 Å². The van der Waals surface area contributed by atoms with Gasteiger partial charge in [-0.1, -0.05) is 55.3 Å². The Bertz CT molecular complexity index is 517. The number of rotatable bonds is 10. The highest BCUT2D eigenvalue weighted by molar-refractivity contribution is 5.78. The van der Waals surface area contributed by atoms with Gasteiger partial charge in [0.25, 0.3) is 0 Å². The molecule has 0 amide bonds. The summed E-state index contributed by atoms with van der Waals surface area (Å²) in [7, 11) is 0. The molecule has 1 rings (SSSR count). The van der Waals surface area contributed by atoms with Crippen molar-refractivity contribution in [3.05, 3.63) is 58.7 Å². The first-order valence-corrected chi connectivity index (χ1v) is 9.04. The van der Waals surface area contributed by atoms with E-state index in [-0.39, 0.29) is 0 Å². The highest BCUT2D eigenvalue weighted by Crippen LogP contribution is 2.10. The lowest BCUT2D eigenvalue weighted by Crippen LogP contribution is -1.91. The number of aryl methyl sites for hydroxylation is 2. The van der Waals surface area contributed by atoms with E-state index < -0.39 is 0 Å². The maximum Gasteiger partial charge on any atom is 0.0389 e. The normalized spacial score (nSPS) is 13.0. The minimum Gasteiger partial charge on any atom is -0.293 e. The van der Waals surface area contributed by atoms with Crippen LogP contribution in [0.4, 0.5) is 0 Å². The lowest BCUT2D eigenvalue weighted by molar-refractivity contribution is 0.746. The average molecular weight is 312 g/mol. The number of nitrogens with zero attached hydrogens (tertiary/aromatic N) is 1. The second kappa shape index (κ2) is 11.9. The smallest absolute Gasteiger partial charge is 0.0389 e. The van der Waals surface area contributed by atoms with Crippen LogP contribution in [0.2, 0.25) is 0 Å². The van der Waals surface area contributed by atoms with E-state index in [0.29, 0.717) is 0 Å². The minimum absolute atomic E-state index is 0.925. The average Bonchev–Trinajstić information content (AvgIpc) is 2.57. The molecule has 0 saturated heterocycles. The number of aliphatic imine (C=N–C) groups is 1. The molecule has 1 aromatic rings. The highest BCUT2D eigenvalue weighted by atomic mass is 14.7. The van der Waals surface area contributed by atoms with Gasteiger partial charge in [-0.2, -0.15) is 0 Å². The third-order valence-corrected chi connectivity index (χ3v) is 4.05. The fourth-order valence-corrected chi connectivity index (χ4v) is 2.47. The second-order valence-corrected chi connectivity index (χ2v) is 6.33. The van der Waals surface area contributed by atoms with Crippen LogP contribution >= 0.6 is 0 Å². The highest BCUT2D eigenvalue weighted by Gasteiger charge is 1.95. The molecule has 23 heavy (non-hydrogen) atoms. The molecule has 1 nitrogen and oxygen atoms in total. The van der Waals surface area contributed by atoms with Crippen LogP contribution in [0.3, 0.4) is 0 Å². The molecule has 0 atom stereocenters. The molecule has 0 unspecified atom stereocenters. The van der Waals surface area contributed by atoms with E-state index in [1.54, 1.807) is 0 Å². The quantitative estimate of drug-likeness (QED) is 0.272. The molecule has 0 spiro atoms. The topological polar surface area (TPSA) is 12.4 Å². The third-order valence-electron chi connectivity index (χ3n) is 4.05. The number of allylic oxidation sites excluding steroid dienone is 4. The van der Waals surface area contributed by atoms with E-state index in [2.05, 4.69) is 69.1 Å². The first kappa shape index (κ1) is 19.4. The first-order chi connectivity index (χ1) is 11.2. The first-order valence-electron chi connectivity index (χ1n) is 9.04. The molecular formula is C22H33N. The summed E-state index contributed by atoms with van der Waals surface area (Å²) in [5.41, 5.74) is 5.44. The SMILES string of the molecule is C/C=C(C)\C=C(\C)C=NCCCCc1ccc(CCCC)cc1. The number of hydrogen-bond donors (Lipinski definition) is 0. The zero-order valence-electron chi connectivity index (χ0n) is 15.4. The van der Waals surface area contributed by atoms with Gasteiger partial charge in [-0.15, -0.1) is 0 Å². The van der Waals surface area contributed by atoms with Gasteiger partial charge in [0.15, 0.2) is 0 Å². The van der Waals surface area contributed by atoms with Gasteiger partial charge >= 0.3 is 0 Å². The molecule has 0 aliphatic carbocycles. The Morgan fingerprint density at radius 1 is 0.913 bits per heavy atom. The Hall–Kier alpha value is -1.63. The van der Waals surface area contributed by atoms with Crippen LogP contribution in [-0.4, -0.2) is 12.8 Å². The summed E-state index contributed by atoms with van der Waals surface area (Å²) in [5.74, 6) is 0. The number of hydrogen-bond acceptors (Lipinski definition) is 1. The van der Waals surface area contributed by atoms with Gasteiger partial charge in [0, 0.05) is 12.8 Å². The molecule has 0 aliphatic rings. The summed E-state index contributed by atoms with van der Waals surface area (Å²) in [4.78, 5) is 4.52. The Morgan fingerprint density at radius 3 is 2.09 bits per heavy atom. The van der Waals surface area contributed by atoms with E-state index in [1.165, 1.54) is 48.0 Å². The van der Waals surface area contributed by atoms with Crippen molar-refractivity contribution in [2.75, 3.05) is 6.54 Å². The summed E-state index contributed by atoms with van der Waals surface area (Å²) in [6.07, 6.45) is 13.6. The Morgan fingerprint density at radius 2 is 1.52 bits per heavy atom. The lowest BCUT2D eigenvalue weighted by atomic mass is 10.0. The van der Waals surface area contributed by atoms with E-state index in [1.807, 2.05) is 6.21 Å². The van der Waals surface area contributed by atoms with E-state index in [0.717, 1.165) is 19.4 Å². The lowest BCUT2D eigenvalue weighted by Gasteiger charge is -2.03. The van der Waals surface area contributed by atoms with Gasteiger partial charge in [-0.25, -0.2) is 0 Å². The van der Waals surface area contributed by atoms with E-state index in [4.69, 9.17) is 0 Å². The summed E-state index contributed by atoms with van der Waals surface area (Å²) < 4.78 is 0. The Balaban J connectivity index is 2.23. The minimum atomic E-state index is 0.925. The maximum atomic E-state index is 4.52. The molecule has 0 saturated carbocycles. The molecule has 0 radical (unpaired) electrons. The van der Waals surface area contributed by atoms with Crippen LogP contribution in [0, 0.1) is 0 Å². The summed E-state index contributed by atoms with van der Waals surface area (Å²) in [5, 5.41) is 0. The van der Waals surface area contributed by atoms with Crippen molar-refractivity contribution in [2.45, 2.75) is 66.2 Å². The van der Waals surface area contributed by atoms with Gasteiger partial charge in [0.2, 0.25) is 0 Å². The predicted molar refractivity (Wildman–Crippen MR) is 105 cm³/mol. The van der Waals surface area contributed by atoms with Crippen LogP contribution in [-0.2, 0) is 12.8 Å². The summed E-state index contributed by atoms with van der Waals surface area (Å²) >= 11 is 0. The van der Waals surface area contributed by atoms with Crippen LogP contribution < -0.4 is 0 Å². The van der Waals surface area contributed by atoms with Crippen LogP contribution in [0.15, 0.2) is 52.6 Å². The van der Waals surface area contributed by atoms with Crippen molar-refractivity contribution in [1.82, 2.24) is 0 Å². The molecule has 0 fully saturated rings. The Labute approximate surface area is 143 Å². The molecule has 126 valence electrons. The van der Waals surface area contributed by atoms with Gasteiger partial charge in [-0.3, -0.25) is 4.99 Å². The predicted octanol–water partition coefficient (Wildman–Crippen LogP) is 6.34. The molecule has 1 heteroatoms. The van der Waals surface area contributed by atoms with Gasteiger partial charge in [-0.05, 0) is 69.6 Å². The molecule has 0 bridgehead atoms. The molecule has 0 heterocycles. The molecule has 0 N–H and O–H groups in total. The third kappa shape index (κ3) is 9.18. The van der Waals surface area contributed by atoms with E-state index >= 15 is 0 Å². The van der Waals surface area contributed by atoms with Crippen LogP contribution in [0.5, 0.6) is 0 Å². The molecule has 0 aromatic heterocycles. The molecule has 0 aliphatic heterocycles. The summed E-state index contributed by atoms with van der Waals surface area (Å²) in [6, 6.07) is 9.17. The van der Waals surface area contributed by atoms with Gasteiger partial charge in [0.1, 0.15) is 0 Å². The standard InChI is InChI=1S/C22H33N/c1-5-7-10-21-12-14-22(15-13-21)11-8-9-16-23-18-20(4)17-19(3)6-2/h6,12-15,17-18H,5,7-11,16H2,1-4H3/b19-6-,20-17-,23-18?. The van der Waals surface area contributed by atoms with Gasteiger partial charge < -0.3 is 0 Å². The monoisotopic (exact) mass is 311 g/mol. The van der Waals surface area contributed by atoms with Gasteiger partial charge in [0.05, 0.1) is 0 Å². The largest absolute Gasteiger partial charge is 0.293 e. The zero-order chi connectivity index (χ0) is 16.9. The Kier molecular flexibility index (Phi) is 10.0. The zero-order valence-corrected chi connectivity index (χ0v) is 15.4. The van der Waals surface area contributed by atoms with Crippen molar-refractivity contribution in [1.29, 1.82) is 0 Å². The van der Waals surface area contributed by atoms with Crippen LogP contribution in [0.25, 0.3) is 0 Å². The summed E-state index contributed by atoms with van der Waals surface area (Å²) in [6.45, 7) is 9.46. The fourth-order valence-electron chi connectivity index (χ4n) is 2.47. The van der Waals surface area contributed by atoms with Crippen LogP contribution in [0.1, 0.15) is 64.5 Å². The van der Waals surface area contributed by atoms with Crippen molar-refractivity contribution in [3.63, 3.8) is 0 Å². The maximum absolute atomic E-state index is 4.52. The van der Waals surface area contributed by atoms with E-state index in [9.17, 15) is 0 Å². The van der Waals surface area contributed by atoms with Crippen molar-refractivity contribution in [2.24, 2.45) is 4.99 Å². The van der Waals surface area contributed by atoms with Crippen molar-refractivity contribution < 1.29 is 0 Å². The number of unbranched alkanes of at least 4 members (excludes halogenated alkanes) is 2. The molecular weight excluding hydrogens is 278 g/mol. The van der Waals surface area contributed by atoms with Crippen molar-refractivity contribution in [3.8, 4) is 0 Å². The molecule has 1 aromatic carbocycles. The fraction of sp³-hybridized carbons (Fsp3) is 0.500. The second-order valence-electron chi connectivity index (χ2n) is 6.33. The number of benzene rings is 1.